The predicted octanol–water partition coefficient (Wildman–Crippen LogP) is 3.38. The van der Waals surface area contributed by atoms with E-state index in [0.717, 1.165) is 35.3 Å². The highest BCUT2D eigenvalue weighted by Gasteiger charge is 2.14. The Balaban J connectivity index is 1.50. The monoisotopic (exact) mass is 319 g/mol. The van der Waals surface area contributed by atoms with Crippen LogP contribution in [0.2, 0.25) is 0 Å². The molecule has 1 aromatic heterocycles. The van der Waals surface area contributed by atoms with E-state index in [1.165, 1.54) is 24.0 Å². The van der Waals surface area contributed by atoms with E-state index in [4.69, 9.17) is 0 Å². The standard InChI is InChI=1S/C20H21N3O/c1-23-18-9-5-4-8-17(18)22-19(23)13-21-20(24)16-11-10-14-6-2-3-7-15(14)12-16/h4-5,8-12H,2-3,6-7,13H2,1H3,(H,21,24). The van der Waals surface area contributed by atoms with E-state index in [1.807, 2.05) is 41.9 Å². The number of amides is 1. The van der Waals surface area contributed by atoms with E-state index in [0.29, 0.717) is 6.54 Å². The summed E-state index contributed by atoms with van der Waals surface area (Å²) in [6.07, 6.45) is 4.70. The lowest BCUT2D eigenvalue weighted by Gasteiger charge is -2.16. The highest BCUT2D eigenvalue weighted by Crippen LogP contribution is 2.22. The van der Waals surface area contributed by atoms with Crippen molar-refractivity contribution in [2.45, 2.75) is 32.2 Å². The third-order valence-electron chi connectivity index (χ3n) is 4.90. The number of hydrogen-bond acceptors (Lipinski definition) is 2. The lowest BCUT2D eigenvalue weighted by atomic mass is 9.90. The van der Waals surface area contributed by atoms with Gasteiger partial charge in [-0.2, -0.15) is 0 Å². The molecule has 2 aromatic carbocycles. The van der Waals surface area contributed by atoms with Gasteiger partial charge in [-0.1, -0.05) is 18.2 Å². The molecule has 4 nitrogen and oxygen atoms in total. The maximum Gasteiger partial charge on any atom is 0.251 e. The summed E-state index contributed by atoms with van der Waals surface area (Å²) in [5.41, 5.74) is 5.51. The smallest absolute Gasteiger partial charge is 0.251 e. The Morgan fingerprint density at radius 3 is 2.75 bits per heavy atom. The van der Waals surface area contributed by atoms with Gasteiger partial charge in [-0.15, -0.1) is 0 Å². The van der Waals surface area contributed by atoms with Crippen LogP contribution in [0.4, 0.5) is 0 Å². The average molecular weight is 319 g/mol. The topological polar surface area (TPSA) is 46.9 Å². The van der Waals surface area contributed by atoms with Crippen LogP contribution < -0.4 is 5.32 Å². The molecule has 1 aliphatic rings. The molecule has 0 unspecified atom stereocenters. The van der Waals surface area contributed by atoms with Crippen LogP contribution in [0.3, 0.4) is 0 Å². The molecule has 1 aliphatic carbocycles. The van der Waals surface area contributed by atoms with E-state index >= 15 is 0 Å². The van der Waals surface area contributed by atoms with Crippen molar-refractivity contribution in [1.82, 2.24) is 14.9 Å². The number of imidazole rings is 1. The molecule has 0 saturated carbocycles. The molecule has 4 heteroatoms. The second-order valence-corrected chi connectivity index (χ2v) is 6.45. The predicted molar refractivity (Wildman–Crippen MR) is 95.0 cm³/mol. The number of aryl methyl sites for hydroxylation is 3. The normalized spacial score (nSPS) is 13.7. The highest BCUT2D eigenvalue weighted by atomic mass is 16.1. The minimum Gasteiger partial charge on any atom is -0.345 e. The van der Waals surface area contributed by atoms with Gasteiger partial charge in [-0.25, -0.2) is 4.98 Å². The first-order valence-electron chi connectivity index (χ1n) is 8.53. The number of nitrogens with one attached hydrogen (secondary N) is 1. The van der Waals surface area contributed by atoms with Crippen molar-refractivity contribution in [3.8, 4) is 0 Å². The molecule has 0 bridgehead atoms. The van der Waals surface area contributed by atoms with Crippen LogP contribution in [0.25, 0.3) is 11.0 Å². The van der Waals surface area contributed by atoms with Gasteiger partial charge in [0.1, 0.15) is 5.82 Å². The first-order valence-corrected chi connectivity index (χ1v) is 8.53. The maximum absolute atomic E-state index is 12.5. The molecule has 4 rings (SSSR count). The van der Waals surface area contributed by atoms with Crippen molar-refractivity contribution in [2.75, 3.05) is 0 Å². The first-order chi connectivity index (χ1) is 11.7. The third kappa shape index (κ3) is 2.68. The number of aromatic nitrogens is 2. The molecule has 0 spiro atoms. The summed E-state index contributed by atoms with van der Waals surface area (Å²) >= 11 is 0. The first kappa shape index (κ1) is 14.9. The Hall–Kier alpha value is -2.62. The van der Waals surface area contributed by atoms with Crippen LogP contribution >= 0.6 is 0 Å². The second-order valence-electron chi connectivity index (χ2n) is 6.45. The molecule has 122 valence electrons. The number of nitrogens with zero attached hydrogens (tertiary/aromatic N) is 2. The van der Waals surface area contributed by atoms with Crippen molar-refractivity contribution >= 4 is 16.9 Å². The second kappa shape index (κ2) is 6.11. The zero-order valence-corrected chi connectivity index (χ0v) is 13.9. The quantitative estimate of drug-likeness (QED) is 0.804. The summed E-state index contributed by atoms with van der Waals surface area (Å²) in [5.74, 6) is 0.831. The fourth-order valence-corrected chi connectivity index (χ4v) is 3.49. The minimum atomic E-state index is -0.0320. The van der Waals surface area contributed by atoms with Gasteiger partial charge in [0.25, 0.3) is 5.91 Å². The Labute approximate surface area is 141 Å². The van der Waals surface area contributed by atoms with Crippen LogP contribution in [0.1, 0.15) is 40.2 Å². The van der Waals surface area contributed by atoms with Crippen molar-refractivity contribution in [3.05, 3.63) is 65.0 Å². The summed E-state index contributed by atoms with van der Waals surface area (Å²) in [4.78, 5) is 17.1. The summed E-state index contributed by atoms with van der Waals surface area (Å²) in [6, 6.07) is 14.1. The molecule has 0 saturated heterocycles. The molecule has 3 aromatic rings. The molecule has 0 fully saturated rings. The van der Waals surface area contributed by atoms with Gasteiger partial charge in [0.15, 0.2) is 0 Å². The zero-order valence-electron chi connectivity index (χ0n) is 13.9. The van der Waals surface area contributed by atoms with Crippen molar-refractivity contribution in [3.63, 3.8) is 0 Å². The molecular weight excluding hydrogens is 298 g/mol. The molecule has 1 amide bonds. The maximum atomic E-state index is 12.5. The van der Waals surface area contributed by atoms with E-state index in [-0.39, 0.29) is 5.91 Å². The fourth-order valence-electron chi connectivity index (χ4n) is 3.49. The van der Waals surface area contributed by atoms with Gasteiger partial charge in [-0.3, -0.25) is 4.79 Å². The highest BCUT2D eigenvalue weighted by molar-refractivity contribution is 5.94. The number of para-hydroxylation sites is 2. The summed E-state index contributed by atoms with van der Waals surface area (Å²) in [5, 5.41) is 3.00. The van der Waals surface area contributed by atoms with Crippen LogP contribution in [0, 0.1) is 0 Å². The van der Waals surface area contributed by atoms with E-state index in [2.05, 4.69) is 22.4 Å². The summed E-state index contributed by atoms with van der Waals surface area (Å²) in [7, 11) is 1.98. The van der Waals surface area contributed by atoms with E-state index in [9.17, 15) is 4.79 Å². The minimum absolute atomic E-state index is 0.0320. The molecule has 0 radical (unpaired) electrons. The number of benzene rings is 2. The van der Waals surface area contributed by atoms with Crippen LogP contribution in [0.15, 0.2) is 42.5 Å². The Morgan fingerprint density at radius 2 is 1.92 bits per heavy atom. The molecule has 0 atom stereocenters. The van der Waals surface area contributed by atoms with Gasteiger partial charge in [0, 0.05) is 12.6 Å². The fraction of sp³-hybridized carbons (Fsp3) is 0.300. The van der Waals surface area contributed by atoms with Crippen LogP contribution in [0.5, 0.6) is 0 Å². The largest absolute Gasteiger partial charge is 0.345 e. The lowest BCUT2D eigenvalue weighted by molar-refractivity contribution is 0.0949. The molecular formula is C20H21N3O. The Morgan fingerprint density at radius 1 is 1.12 bits per heavy atom. The number of fused-ring (bicyclic) bond motifs is 2. The van der Waals surface area contributed by atoms with Crippen molar-refractivity contribution in [1.29, 1.82) is 0 Å². The number of rotatable bonds is 3. The zero-order chi connectivity index (χ0) is 16.5. The molecule has 24 heavy (non-hydrogen) atoms. The van der Waals surface area contributed by atoms with Gasteiger partial charge in [0.05, 0.1) is 17.6 Å². The number of carbonyl (C=O) groups excluding carboxylic acids is 1. The van der Waals surface area contributed by atoms with E-state index < -0.39 is 0 Å². The third-order valence-corrected chi connectivity index (χ3v) is 4.90. The Bertz CT molecular complexity index is 910. The lowest BCUT2D eigenvalue weighted by Crippen LogP contribution is -2.24. The van der Waals surface area contributed by atoms with Crippen molar-refractivity contribution in [2.24, 2.45) is 7.05 Å². The van der Waals surface area contributed by atoms with Crippen LogP contribution in [-0.4, -0.2) is 15.5 Å². The van der Waals surface area contributed by atoms with Crippen LogP contribution in [-0.2, 0) is 26.4 Å². The van der Waals surface area contributed by atoms with Gasteiger partial charge in [0.2, 0.25) is 0 Å². The number of hydrogen-bond donors (Lipinski definition) is 1. The SMILES string of the molecule is Cn1c(CNC(=O)c2ccc3c(c2)CCCC3)nc2ccccc21. The Kier molecular flexibility index (Phi) is 3.81. The average Bonchev–Trinajstić information content (AvgIpc) is 2.95. The van der Waals surface area contributed by atoms with Gasteiger partial charge < -0.3 is 9.88 Å². The number of carbonyl (C=O) groups is 1. The summed E-state index contributed by atoms with van der Waals surface area (Å²) < 4.78 is 2.03. The van der Waals surface area contributed by atoms with E-state index in [1.54, 1.807) is 0 Å². The molecule has 1 N–H and O–H groups in total. The molecule has 1 heterocycles. The van der Waals surface area contributed by atoms with Gasteiger partial charge in [-0.05, 0) is 61.1 Å². The summed E-state index contributed by atoms with van der Waals surface area (Å²) in [6.45, 7) is 0.432. The van der Waals surface area contributed by atoms with Gasteiger partial charge >= 0.3 is 0 Å². The van der Waals surface area contributed by atoms with Crippen molar-refractivity contribution < 1.29 is 4.79 Å². The molecule has 0 aliphatic heterocycles.